The van der Waals surface area contributed by atoms with E-state index in [1.807, 2.05) is 16.7 Å². The molecule has 118 valence electrons. The highest BCUT2D eigenvalue weighted by molar-refractivity contribution is 5.85. The van der Waals surface area contributed by atoms with Crippen LogP contribution in [0.2, 0.25) is 0 Å². The van der Waals surface area contributed by atoms with Crippen LogP contribution in [0.25, 0.3) is 0 Å². The maximum atomic E-state index is 12.7. The average molecular weight is 294 g/mol. The second-order valence-corrected chi connectivity index (χ2v) is 6.78. The molecule has 0 spiro atoms. The van der Waals surface area contributed by atoms with Gasteiger partial charge in [-0.2, -0.15) is 0 Å². The topological polar surface area (TPSA) is 49.9 Å². The Morgan fingerprint density at radius 3 is 2.19 bits per heavy atom. The Kier molecular flexibility index (Phi) is 4.20. The highest BCUT2D eigenvalue weighted by atomic mass is 16.5. The number of hydrogen-bond acceptors (Lipinski definition) is 3. The fourth-order valence-corrected chi connectivity index (χ4v) is 3.48. The molecule has 0 N–H and O–H groups in total. The summed E-state index contributed by atoms with van der Waals surface area (Å²) < 4.78 is 5.75. The number of ether oxygens (including phenoxy) is 1. The van der Waals surface area contributed by atoms with E-state index in [1.54, 1.807) is 0 Å². The number of rotatable bonds is 2. The van der Waals surface area contributed by atoms with E-state index in [2.05, 4.69) is 0 Å². The lowest BCUT2D eigenvalue weighted by molar-refractivity contribution is -0.165. The zero-order chi connectivity index (χ0) is 14.9. The van der Waals surface area contributed by atoms with Crippen molar-refractivity contribution in [3.8, 4) is 0 Å². The van der Waals surface area contributed by atoms with Crippen molar-refractivity contribution in [1.29, 1.82) is 0 Å². The maximum absolute atomic E-state index is 12.7. The van der Waals surface area contributed by atoms with Crippen LogP contribution in [0.5, 0.6) is 0 Å². The van der Waals surface area contributed by atoms with Gasteiger partial charge in [-0.05, 0) is 39.0 Å². The van der Waals surface area contributed by atoms with Crippen LogP contribution in [0.1, 0.15) is 45.4 Å². The molecule has 2 amide bonds. The van der Waals surface area contributed by atoms with Crippen LogP contribution in [0.15, 0.2) is 0 Å². The summed E-state index contributed by atoms with van der Waals surface area (Å²) in [4.78, 5) is 28.7. The monoisotopic (exact) mass is 294 g/mol. The first-order valence-electron chi connectivity index (χ1n) is 8.32. The van der Waals surface area contributed by atoms with Gasteiger partial charge in [0.15, 0.2) is 0 Å². The smallest absolute Gasteiger partial charge is 0.254 e. The molecule has 21 heavy (non-hydrogen) atoms. The Bertz CT molecular complexity index is 406. The lowest BCUT2D eigenvalue weighted by atomic mass is 9.84. The van der Waals surface area contributed by atoms with Crippen LogP contribution in [0.3, 0.4) is 0 Å². The van der Waals surface area contributed by atoms with Gasteiger partial charge in [0.05, 0.1) is 0 Å². The van der Waals surface area contributed by atoms with Gasteiger partial charge in [-0.1, -0.05) is 6.42 Å². The summed E-state index contributed by atoms with van der Waals surface area (Å²) in [6.07, 6.45) is 6.19. The highest BCUT2D eigenvalue weighted by Crippen LogP contribution is 2.30. The first-order valence-corrected chi connectivity index (χ1v) is 8.32. The van der Waals surface area contributed by atoms with Crippen LogP contribution in [0, 0.1) is 5.92 Å². The van der Waals surface area contributed by atoms with Crippen molar-refractivity contribution in [1.82, 2.24) is 9.80 Å². The van der Waals surface area contributed by atoms with Gasteiger partial charge in [0.25, 0.3) is 5.91 Å². The molecule has 0 bridgehead atoms. The molecule has 1 unspecified atom stereocenters. The predicted octanol–water partition coefficient (Wildman–Crippen LogP) is 1.42. The summed E-state index contributed by atoms with van der Waals surface area (Å²) >= 11 is 0. The maximum Gasteiger partial charge on any atom is 0.254 e. The minimum absolute atomic E-state index is 0.109. The number of hydrogen-bond donors (Lipinski definition) is 0. The van der Waals surface area contributed by atoms with E-state index in [0.29, 0.717) is 38.7 Å². The molecule has 3 aliphatic rings. The number of amides is 2. The van der Waals surface area contributed by atoms with Crippen molar-refractivity contribution >= 4 is 11.8 Å². The third-order valence-electron chi connectivity index (χ3n) is 5.25. The van der Waals surface area contributed by atoms with E-state index in [0.717, 1.165) is 32.1 Å². The van der Waals surface area contributed by atoms with E-state index < -0.39 is 5.60 Å². The zero-order valence-corrected chi connectivity index (χ0v) is 13.0. The van der Waals surface area contributed by atoms with Crippen molar-refractivity contribution in [2.24, 2.45) is 5.92 Å². The van der Waals surface area contributed by atoms with Crippen LogP contribution < -0.4 is 0 Å². The quantitative estimate of drug-likeness (QED) is 0.774. The summed E-state index contributed by atoms with van der Waals surface area (Å²) in [5, 5.41) is 0. The number of carbonyl (C=O) groups is 2. The molecule has 2 heterocycles. The van der Waals surface area contributed by atoms with Gasteiger partial charge >= 0.3 is 0 Å². The minimum atomic E-state index is -0.640. The average Bonchev–Trinajstić information content (AvgIpc) is 2.45. The van der Waals surface area contributed by atoms with Crippen molar-refractivity contribution in [2.45, 2.75) is 51.0 Å². The van der Waals surface area contributed by atoms with Crippen molar-refractivity contribution in [2.75, 3.05) is 32.8 Å². The highest BCUT2D eigenvalue weighted by Gasteiger charge is 2.40. The Hall–Kier alpha value is -1.10. The van der Waals surface area contributed by atoms with E-state index in [1.165, 1.54) is 6.42 Å². The second kappa shape index (κ2) is 5.95. The molecule has 3 rings (SSSR count). The molecule has 5 nitrogen and oxygen atoms in total. The minimum Gasteiger partial charge on any atom is -0.365 e. The van der Waals surface area contributed by atoms with E-state index in [-0.39, 0.29) is 11.8 Å². The van der Waals surface area contributed by atoms with Crippen molar-refractivity contribution < 1.29 is 14.3 Å². The van der Waals surface area contributed by atoms with Crippen molar-refractivity contribution in [3.63, 3.8) is 0 Å². The van der Waals surface area contributed by atoms with E-state index >= 15 is 0 Å². The standard InChI is InChI=1S/C16H26N2O3/c1-16(7-2-3-12-21-16)15(20)18-10-8-17(9-11-18)14(19)13-5-4-6-13/h13H,2-12H2,1H3. The molecule has 0 aromatic carbocycles. The molecular weight excluding hydrogens is 268 g/mol. The molecule has 3 fully saturated rings. The SMILES string of the molecule is CC1(C(=O)N2CCN(C(=O)C3CCC3)CC2)CCCCO1. The van der Waals surface area contributed by atoms with Crippen LogP contribution in [-0.2, 0) is 14.3 Å². The number of nitrogens with zero attached hydrogens (tertiary/aromatic N) is 2. The first kappa shape index (κ1) is 14.8. The third kappa shape index (κ3) is 2.93. The molecule has 0 aromatic rings. The summed E-state index contributed by atoms with van der Waals surface area (Å²) in [5.41, 5.74) is -0.640. The first-order chi connectivity index (χ1) is 10.1. The zero-order valence-electron chi connectivity index (χ0n) is 13.0. The molecular formula is C16H26N2O3. The second-order valence-electron chi connectivity index (χ2n) is 6.78. The van der Waals surface area contributed by atoms with E-state index in [4.69, 9.17) is 4.74 Å². The van der Waals surface area contributed by atoms with Gasteiger partial charge in [-0.15, -0.1) is 0 Å². The van der Waals surface area contributed by atoms with Gasteiger partial charge in [0.2, 0.25) is 5.91 Å². The molecule has 0 radical (unpaired) electrons. The Morgan fingerprint density at radius 2 is 1.67 bits per heavy atom. The van der Waals surface area contributed by atoms with Gasteiger partial charge in [-0.3, -0.25) is 9.59 Å². The molecule has 2 aliphatic heterocycles. The van der Waals surface area contributed by atoms with Gasteiger partial charge in [0.1, 0.15) is 5.60 Å². The molecule has 0 aromatic heterocycles. The summed E-state index contributed by atoms with van der Waals surface area (Å²) in [6.45, 7) is 5.25. The predicted molar refractivity (Wildman–Crippen MR) is 78.7 cm³/mol. The molecule has 1 aliphatic carbocycles. The summed E-state index contributed by atoms with van der Waals surface area (Å²) in [7, 11) is 0. The molecule has 1 saturated carbocycles. The third-order valence-corrected chi connectivity index (χ3v) is 5.25. The number of piperazine rings is 1. The molecule has 2 saturated heterocycles. The Balaban J connectivity index is 1.52. The van der Waals surface area contributed by atoms with Gasteiger partial charge in [0, 0.05) is 38.7 Å². The van der Waals surface area contributed by atoms with Crippen LogP contribution in [-0.4, -0.2) is 60.0 Å². The largest absolute Gasteiger partial charge is 0.365 e. The van der Waals surface area contributed by atoms with Gasteiger partial charge < -0.3 is 14.5 Å². The lowest BCUT2D eigenvalue weighted by Crippen LogP contribution is -2.58. The lowest BCUT2D eigenvalue weighted by Gasteiger charge is -2.42. The van der Waals surface area contributed by atoms with Crippen molar-refractivity contribution in [3.05, 3.63) is 0 Å². The van der Waals surface area contributed by atoms with Crippen LogP contribution >= 0.6 is 0 Å². The Morgan fingerprint density at radius 1 is 1.00 bits per heavy atom. The summed E-state index contributed by atoms with van der Waals surface area (Å²) in [5.74, 6) is 0.665. The van der Waals surface area contributed by atoms with E-state index in [9.17, 15) is 9.59 Å². The fourth-order valence-electron chi connectivity index (χ4n) is 3.48. The fraction of sp³-hybridized carbons (Fsp3) is 0.875. The van der Waals surface area contributed by atoms with Gasteiger partial charge in [-0.25, -0.2) is 0 Å². The molecule has 1 atom stereocenters. The normalized spacial score (nSPS) is 30.9. The summed E-state index contributed by atoms with van der Waals surface area (Å²) in [6, 6.07) is 0. The Labute approximate surface area is 126 Å². The molecule has 5 heteroatoms. The number of carbonyl (C=O) groups excluding carboxylic acids is 2. The van der Waals surface area contributed by atoms with Crippen LogP contribution in [0.4, 0.5) is 0 Å².